The lowest BCUT2D eigenvalue weighted by atomic mass is 9.94. The third-order valence-corrected chi connectivity index (χ3v) is 3.33. The molecule has 96 valence electrons. The van der Waals surface area contributed by atoms with Gasteiger partial charge in [-0.1, -0.05) is 0 Å². The molecule has 0 aromatic heterocycles. The van der Waals surface area contributed by atoms with Gasteiger partial charge in [0.2, 0.25) is 0 Å². The second-order valence-corrected chi connectivity index (χ2v) is 5.23. The van der Waals surface area contributed by atoms with E-state index in [0.29, 0.717) is 19.8 Å². The van der Waals surface area contributed by atoms with Crippen LogP contribution in [0.1, 0.15) is 33.1 Å². The number of aliphatic hydroxyl groups is 1. The maximum atomic E-state index is 10.2. The quantitative estimate of drug-likeness (QED) is 0.668. The molecule has 1 saturated heterocycles. The van der Waals surface area contributed by atoms with E-state index in [4.69, 9.17) is 9.47 Å². The van der Waals surface area contributed by atoms with Crippen molar-refractivity contribution in [3.8, 4) is 0 Å². The zero-order valence-electron chi connectivity index (χ0n) is 10.7. The van der Waals surface area contributed by atoms with Crippen molar-refractivity contribution in [2.75, 3.05) is 33.4 Å². The van der Waals surface area contributed by atoms with E-state index in [0.717, 1.165) is 25.8 Å². The lowest BCUT2D eigenvalue weighted by Crippen LogP contribution is -2.45. The molecule has 0 aromatic carbocycles. The molecule has 0 bridgehead atoms. The minimum atomic E-state index is -0.574. The Morgan fingerprint density at radius 2 is 2.00 bits per heavy atom. The zero-order chi connectivity index (χ0) is 12.1. The third kappa shape index (κ3) is 4.78. The molecule has 0 aliphatic carbocycles. The Labute approximate surface area is 98.3 Å². The highest BCUT2D eigenvalue weighted by Gasteiger charge is 2.29. The van der Waals surface area contributed by atoms with Crippen LogP contribution in [0.5, 0.6) is 0 Å². The predicted molar refractivity (Wildman–Crippen MR) is 63.6 cm³/mol. The topological polar surface area (TPSA) is 50.7 Å². The van der Waals surface area contributed by atoms with E-state index in [-0.39, 0.29) is 5.60 Å². The molecular formula is C12H25NO3. The van der Waals surface area contributed by atoms with E-state index in [2.05, 4.69) is 19.2 Å². The molecule has 4 heteroatoms. The van der Waals surface area contributed by atoms with Crippen molar-refractivity contribution in [3.05, 3.63) is 0 Å². The molecule has 0 aromatic rings. The van der Waals surface area contributed by atoms with Gasteiger partial charge >= 0.3 is 0 Å². The number of hydrogen-bond acceptors (Lipinski definition) is 4. The van der Waals surface area contributed by atoms with Gasteiger partial charge in [-0.3, -0.25) is 0 Å². The summed E-state index contributed by atoms with van der Waals surface area (Å²) >= 11 is 0. The van der Waals surface area contributed by atoms with Crippen LogP contribution < -0.4 is 5.32 Å². The fourth-order valence-corrected chi connectivity index (χ4v) is 1.74. The van der Waals surface area contributed by atoms with Crippen molar-refractivity contribution in [2.45, 2.75) is 44.3 Å². The summed E-state index contributed by atoms with van der Waals surface area (Å²) in [4.78, 5) is 0. The molecule has 1 aliphatic heterocycles. The lowest BCUT2D eigenvalue weighted by molar-refractivity contribution is -0.0624. The van der Waals surface area contributed by atoms with Gasteiger partial charge in [-0.25, -0.2) is 0 Å². The molecule has 0 atom stereocenters. The van der Waals surface area contributed by atoms with Gasteiger partial charge < -0.3 is 19.9 Å². The summed E-state index contributed by atoms with van der Waals surface area (Å²) in [5.74, 6) is 0. The van der Waals surface area contributed by atoms with Crippen molar-refractivity contribution in [3.63, 3.8) is 0 Å². The highest BCUT2D eigenvalue weighted by atomic mass is 16.5. The first-order valence-corrected chi connectivity index (χ1v) is 6.03. The molecule has 1 fully saturated rings. The Morgan fingerprint density at radius 3 is 2.56 bits per heavy atom. The van der Waals surface area contributed by atoms with Gasteiger partial charge in [0.05, 0.1) is 11.2 Å². The fourth-order valence-electron chi connectivity index (χ4n) is 1.74. The van der Waals surface area contributed by atoms with E-state index in [1.54, 1.807) is 7.11 Å². The smallest absolute Gasteiger partial charge is 0.0815 e. The fraction of sp³-hybridized carbons (Fsp3) is 1.00. The number of rotatable bonds is 6. The standard InChI is InChI=1S/C12H25NO3/c1-11(2,15-3)4-7-13-10-12(14)5-8-16-9-6-12/h13-14H,4-10H2,1-3H3. The average molecular weight is 231 g/mol. The highest BCUT2D eigenvalue weighted by molar-refractivity contribution is 4.83. The Kier molecular flexibility index (Phi) is 5.18. The first kappa shape index (κ1) is 13.9. The SMILES string of the molecule is COC(C)(C)CCNCC1(O)CCOCC1. The predicted octanol–water partition coefficient (Wildman–Crippen LogP) is 0.933. The monoisotopic (exact) mass is 231 g/mol. The Bertz CT molecular complexity index is 200. The molecule has 1 aliphatic rings. The van der Waals surface area contributed by atoms with E-state index >= 15 is 0 Å². The van der Waals surface area contributed by atoms with Crippen LogP contribution in [-0.2, 0) is 9.47 Å². The van der Waals surface area contributed by atoms with Gasteiger partial charge in [-0.05, 0) is 26.8 Å². The Hall–Kier alpha value is -0.160. The maximum Gasteiger partial charge on any atom is 0.0815 e. The summed E-state index contributed by atoms with van der Waals surface area (Å²) in [7, 11) is 1.73. The number of methoxy groups -OCH3 is 1. The van der Waals surface area contributed by atoms with Gasteiger partial charge in [0.15, 0.2) is 0 Å². The van der Waals surface area contributed by atoms with Gasteiger partial charge in [0.25, 0.3) is 0 Å². The molecule has 0 spiro atoms. The number of ether oxygens (including phenoxy) is 2. The van der Waals surface area contributed by atoms with Crippen LogP contribution in [0.4, 0.5) is 0 Å². The van der Waals surface area contributed by atoms with Gasteiger partial charge in [0, 0.05) is 39.7 Å². The van der Waals surface area contributed by atoms with Crippen molar-refractivity contribution in [1.29, 1.82) is 0 Å². The van der Waals surface area contributed by atoms with Crippen LogP contribution in [0.2, 0.25) is 0 Å². The summed E-state index contributed by atoms with van der Waals surface area (Å²) in [6.07, 6.45) is 2.40. The molecule has 2 N–H and O–H groups in total. The van der Waals surface area contributed by atoms with Crippen molar-refractivity contribution in [2.24, 2.45) is 0 Å². The van der Waals surface area contributed by atoms with E-state index < -0.39 is 5.60 Å². The normalized spacial score (nSPS) is 21.0. The van der Waals surface area contributed by atoms with Gasteiger partial charge in [0.1, 0.15) is 0 Å². The average Bonchev–Trinajstić information content (AvgIpc) is 2.26. The Morgan fingerprint density at radius 1 is 1.38 bits per heavy atom. The van der Waals surface area contributed by atoms with E-state index in [1.165, 1.54) is 0 Å². The van der Waals surface area contributed by atoms with Gasteiger partial charge in [-0.15, -0.1) is 0 Å². The first-order valence-electron chi connectivity index (χ1n) is 6.03. The van der Waals surface area contributed by atoms with Crippen LogP contribution in [0.3, 0.4) is 0 Å². The van der Waals surface area contributed by atoms with Crippen LogP contribution in [0.15, 0.2) is 0 Å². The molecule has 4 nitrogen and oxygen atoms in total. The molecule has 0 amide bonds. The van der Waals surface area contributed by atoms with Gasteiger partial charge in [-0.2, -0.15) is 0 Å². The summed E-state index contributed by atoms with van der Waals surface area (Å²) in [6, 6.07) is 0. The van der Waals surface area contributed by atoms with E-state index in [9.17, 15) is 5.11 Å². The maximum absolute atomic E-state index is 10.2. The van der Waals surface area contributed by atoms with E-state index in [1.807, 2.05) is 0 Å². The van der Waals surface area contributed by atoms with Crippen LogP contribution in [0, 0.1) is 0 Å². The molecule has 0 unspecified atom stereocenters. The lowest BCUT2D eigenvalue weighted by Gasteiger charge is -2.32. The molecule has 1 rings (SSSR count). The highest BCUT2D eigenvalue weighted by Crippen LogP contribution is 2.19. The summed E-state index contributed by atoms with van der Waals surface area (Å²) in [6.45, 7) is 6.99. The Balaban J connectivity index is 2.15. The molecule has 0 saturated carbocycles. The number of hydrogen-bond donors (Lipinski definition) is 2. The molecule has 1 heterocycles. The second kappa shape index (κ2) is 5.96. The summed E-state index contributed by atoms with van der Waals surface area (Å²) < 4.78 is 10.6. The number of nitrogens with one attached hydrogen (secondary N) is 1. The van der Waals surface area contributed by atoms with Crippen molar-refractivity contribution < 1.29 is 14.6 Å². The third-order valence-electron chi connectivity index (χ3n) is 3.33. The first-order chi connectivity index (χ1) is 7.47. The second-order valence-electron chi connectivity index (χ2n) is 5.23. The zero-order valence-corrected chi connectivity index (χ0v) is 10.7. The summed E-state index contributed by atoms with van der Waals surface area (Å²) in [5, 5.41) is 13.5. The summed E-state index contributed by atoms with van der Waals surface area (Å²) in [5.41, 5.74) is -0.666. The molecular weight excluding hydrogens is 206 g/mol. The van der Waals surface area contributed by atoms with Crippen LogP contribution >= 0.6 is 0 Å². The van der Waals surface area contributed by atoms with Crippen LogP contribution in [0.25, 0.3) is 0 Å². The minimum absolute atomic E-state index is 0.0920. The molecule has 0 radical (unpaired) electrons. The van der Waals surface area contributed by atoms with Crippen LogP contribution in [-0.4, -0.2) is 49.7 Å². The molecule has 16 heavy (non-hydrogen) atoms. The van der Waals surface area contributed by atoms with Crippen molar-refractivity contribution in [1.82, 2.24) is 5.32 Å². The van der Waals surface area contributed by atoms with Crippen molar-refractivity contribution >= 4 is 0 Å². The minimum Gasteiger partial charge on any atom is -0.388 e. The largest absolute Gasteiger partial charge is 0.388 e.